The molecule has 0 spiro atoms. The highest BCUT2D eigenvalue weighted by Gasteiger charge is 2.32. The van der Waals surface area contributed by atoms with Crippen LogP contribution in [0.4, 0.5) is 4.79 Å². The average Bonchev–Trinajstić information content (AvgIpc) is 2.88. The summed E-state index contributed by atoms with van der Waals surface area (Å²) in [6.45, 7) is 7.43. The summed E-state index contributed by atoms with van der Waals surface area (Å²) in [5.74, 6) is -1.12. The Morgan fingerprint density at radius 2 is 1.78 bits per heavy atom. The molecular weight excluding hydrogens is 480 g/mol. The predicted octanol–water partition coefficient (Wildman–Crippen LogP) is 4.86. The van der Waals surface area contributed by atoms with E-state index in [0.717, 1.165) is 31.4 Å². The summed E-state index contributed by atoms with van der Waals surface area (Å²) in [7, 11) is 1.30. The summed E-state index contributed by atoms with van der Waals surface area (Å²) in [5, 5.41) is 11.5. The number of hydrogen-bond donors (Lipinski definition) is 2. The Bertz CT molecular complexity index is 1030. The number of aromatic nitrogens is 1. The van der Waals surface area contributed by atoms with Gasteiger partial charge in [0.15, 0.2) is 11.4 Å². The number of amides is 1. The van der Waals surface area contributed by atoms with Gasteiger partial charge in [-0.05, 0) is 38.8 Å². The zero-order valence-electron chi connectivity index (χ0n) is 21.9. The van der Waals surface area contributed by atoms with Gasteiger partial charge < -0.3 is 29.4 Å². The van der Waals surface area contributed by atoms with Crippen LogP contribution < -0.4 is 19.5 Å². The number of nitrogens with one attached hydrogen (secondary N) is 1. The van der Waals surface area contributed by atoms with Gasteiger partial charge in [-0.3, -0.25) is 4.79 Å². The molecule has 0 saturated carbocycles. The molecule has 10 nitrogen and oxygen atoms in total. The molecule has 4 atom stereocenters. The van der Waals surface area contributed by atoms with Crippen LogP contribution in [0.2, 0.25) is 0 Å². The smallest absolute Gasteiger partial charge is 0.493 e. The number of benzene rings is 1. The normalized spacial score (nSPS) is 14.0. The summed E-state index contributed by atoms with van der Waals surface area (Å²) in [4.78, 5) is 40.7. The number of carbonyl (C=O) groups is 3. The van der Waals surface area contributed by atoms with Crippen molar-refractivity contribution in [1.29, 1.82) is 0 Å². The second-order valence-electron chi connectivity index (χ2n) is 8.58. The minimum absolute atomic E-state index is 0.00851. The Morgan fingerprint density at radius 3 is 2.38 bits per heavy atom. The molecule has 0 aliphatic heterocycles. The fourth-order valence-electron chi connectivity index (χ4n) is 3.95. The number of nitrogens with zero attached hydrogens (tertiary/aromatic N) is 1. The lowest BCUT2D eigenvalue weighted by atomic mass is 9.89. The third-order valence-electron chi connectivity index (χ3n) is 5.90. The quantitative estimate of drug-likeness (QED) is 0.338. The van der Waals surface area contributed by atoms with E-state index in [1.165, 1.54) is 26.3 Å². The highest BCUT2D eigenvalue weighted by Crippen LogP contribution is 2.30. The summed E-state index contributed by atoms with van der Waals surface area (Å²) in [6.07, 6.45) is 2.45. The molecule has 1 heterocycles. The van der Waals surface area contributed by atoms with Crippen LogP contribution in [-0.2, 0) is 9.53 Å². The zero-order chi connectivity index (χ0) is 27.4. The third-order valence-corrected chi connectivity index (χ3v) is 5.90. The van der Waals surface area contributed by atoms with Crippen molar-refractivity contribution in [3.63, 3.8) is 0 Å². The molecule has 0 fully saturated rings. The van der Waals surface area contributed by atoms with Crippen LogP contribution in [-0.4, -0.2) is 53.5 Å². The van der Waals surface area contributed by atoms with Crippen molar-refractivity contribution in [3.05, 3.63) is 48.3 Å². The Morgan fingerprint density at radius 1 is 1.08 bits per heavy atom. The molecule has 0 aliphatic carbocycles. The molecule has 0 bridgehead atoms. The number of para-hydroxylation sites is 1. The average molecular weight is 517 g/mol. The predicted molar refractivity (Wildman–Crippen MR) is 136 cm³/mol. The van der Waals surface area contributed by atoms with Gasteiger partial charge in [0.25, 0.3) is 5.91 Å². The number of esters is 1. The Kier molecular flexibility index (Phi) is 11.7. The van der Waals surface area contributed by atoms with Crippen LogP contribution in [0.25, 0.3) is 0 Å². The van der Waals surface area contributed by atoms with E-state index in [-0.39, 0.29) is 29.2 Å². The van der Waals surface area contributed by atoms with E-state index in [9.17, 15) is 14.4 Å². The molecule has 0 saturated heterocycles. The second kappa shape index (κ2) is 14.7. The minimum atomic E-state index is -1.64. The first kappa shape index (κ1) is 29.4. The van der Waals surface area contributed by atoms with Gasteiger partial charge in [0.1, 0.15) is 24.0 Å². The van der Waals surface area contributed by atoms with E-state index in [4.69, 9.17) is 19.3 Å². The number of carbonyl (C=O) groups excluding carboxylic acids is 2. The molecule has 0 radical (unpaired) electrons. The van der Waals surface area contributed by atoms with Gasteiger partial charge in [0.05, 0.1) is 7.11 Å². The highest BCUT2D eigenvalue weighted by atomic mass is 16.7. The molecule has 37 heavy (non-hydrogen) atoms. The van der Waals surface area contributed by atoms with Gasteiger partial charge in [-0.2, -0.15) is 0 Å². The SMILES string of the molecule is CCCC[C@@H]([C@H](C)OC(=O)[C@H](C)NC(=O)c1nccc(OC)c1OC(=O)O)[C@@H](CC)Oc1ccccc1. The topological polar surface area (TPSA) is 133 Å². The standard InChI is InChI=1S/C27H36N2O8/c1-6-8-14-20(21(7-2)36-19-12-10-9-11-13-19)18(4)35-26(31)17(3)29-25(30)23-24(37-27(32)33)22(34-5)15-16-28-23/h9-13,15-18,20-21H,6-8,14H2,1-5H3,(H,29,30)(H,32,33)/t17-,18-,20-,21+/m0/s1. The number of methoxy groups -OCH3 is 1. The lowest BCUT2D eigenvalue weighted by molar-refractivity contribution is -0.154. The number of ether oxygens (including phenoxy) is 4. The maximum atomic E-state index is 12.9. The Labute approximate surface area is 217 Å². The molecular formula is C27H36N2O8. The number of unbranched alkanes of at least 4 members (excludes halogenated alkanes) is 1. The molecule has 2 aromatic rings. The van der Waals surface area contributed by atoms with E-state index in [0.29, 0.717) is 0 Å². The maximum Gasteiger partial charge on any atom is 0.511 e. The molecule has 1 aromatic carbocycles. The number of carboxylic acid groups (broad SMARTS) is 1. The molecule has 10 heteroatoms. The van der Waals surface area contributed by atoms with Crippen molar-refractivity contribution in [3.8, 4) is 17.2 Å². The van der Waals surface area contributed by atoms with E-state index >= 15 is 0 Å². The minimum Gasteiger partial charge on any atom is -0.493 e. The number of rotatable bonds is 14. The van der Waals surface area contributed by atoms with Crippen molar-refractivity contribution in [2.45, 2.75) is 71.6 Å². The fraction of sp³-hybridized carbons (Fsp3) is 0.481. The van der Waals surface area contributed by atoms with Gasteiger partial charge >= 0.3 is 12.1 Å². The Hall–Kier alpha value is -3.82. The first-order valence-corrected chi connectivity index (χ1v) is 12.4. The monoisotopic (exact) mass is 516 g/mol. The first-order chi connectivity index (χ1) is 17.7. The van der Waals surface area contributed by atoms with E-state index in [1.807, 2.05) is 44.2 Å². The van der Waals surface area contributed by atoms with Crippen molar-refractivity contribution in [2.24, 2.45) is 5.92 Å². The van der Waals surface area contributed by atoms with E-state index in [1.54, 1.807) is 0 Å². The highest BCUT2D eigenvalue weighted by molar-refractivity contribution is 5.98. The van der Waals surface area contributed by atoms with Crippen molar-refractivity contribution in [1.82, 2.24) is 10.3 Å². The molecule has 0 aliphatic rings. The van der Waals surface area contributed by atoms with Gasteiger partial charge in [0.2, 0.25) is 5.75 Å². The summed E-state index contributed by atoms with van der Waals surface area (Å²) < 4.78 is 21.8. The number of hydrogen-bond acceptors (Lipinski definition) is 8. The van der Waals surface area contributed by atoms with Gasteiger partial charge in [-0.15, -0.1) is 0 Å². The molecule has 1 amide bonds. The molecule has 202 valence electrons. The summed E-state index contributed by atoms with van der Waals surface area (Å²) in [5.41, 5.74) is -0.336. The lowest BCUT2D eigenvalue weighted by Gasteiger charge is -2.32. The molecule has 0 unspecified atom stereocenters. The van der Waals surface area contributed by atoms with Gasteiger partial charge in [-0.25, -0.2) is 14.6 Å². The molecule has 2 rings (SSSR count). The fourth-order valence-corrected chi connectivity index (χ4v) is 3.95. The maximum absolute atomic E-state index is 12.9. The van der Waals surface area contributed by atoms with Crippen molar-refractivity contribution >= 4 is 18.0 Å². The van der Waals surface area contributed by atoms with Crippen molar-refractivity contribution < 1.29 is 38.4 Å². The number of pyridine rings is 1. The second-order valence-corrected chi connectivity index (χ2v) is 8.58. The third kappa shape index (κ3) is 8.66. The van der Waals surface area contributed by atoms with Crippen LogP contribution >= 0.6 is 0 Å². The summed E-state index contributed by atoms with van der Waals surface area (Å²) in [6, 6.07) is 9.82. The zero-order valence-corrected chi connectivity index (χ0v) is 21.9. The van der Waals surface area contributed by atoms with Crippen LogP contribution in [0.1, 0.15) is 63.9 Å². The van der Waals surface area contributed by atoms with Crippen LogP contribution in [0.15, 0.2) is 42.6 Å². The van der Waals surface area contributed by atoms with Crippen LogP contribution in [0.3, 0.4) is 0 Å². The summed E-state index contributed by atoms with van der Waals surface area (Å²) >= 11 is 0. The van der Waals surface area contributed by atoms with Crippen LogP contribution in [0, 0.1) is 5.92 Å². The largest absolute Gasteiger partial charge is 0.511 e. The van der Waals surface area contributed by atoms with Crippen LogP contribution in [0.5, 0.6) is 17.2 Å². The van der Waals surface area contributed by atoms with Crippen molar-refractivity contribution in [2.75, 3.05) is 7.11 Å². The van der Waals surface area contributed by atoms with E-state index < -0.39 is 30.2 Å². The van der Waals surface area contributed by atoms with Gasteiger partial charge in [0, 0.05) is 18.2 Å². The van der Waals surface area contributed by atoms with Gasteiger partial charge in [-0.1, -0.05) is 44.9 Å². The first-order valence-electron chi connectivity index (χ1n) is 12.4. The lowest BCUT2D eigenvalue weighted by Crippen LogP contribution is -2.43. The van der Waals surface area contributed by atoms with E-state index in [2.05, 4.69) is 22.0 Å². The Balaban J connectivity index is 2.11. The molecule has 1 aromatic heterocycles. The molecule has 2 N–H and O–H groups in total.